The van der Waals surface area contributed by atoms with Gasteiger partial charge in [0.2, 0.25) is 5.91 Å². The van der Waals surface area contributed by atoms with Gasteiger partial charge in [-0.15, -0.1) is 0 Å². The van der Waals surface area contributed by atoms with E-state index in [1.165, 1.54) is 11.1 Å². The predicted octanol–water partition coefficient (Wildman–Crippen LogP) is 3.51. The van der Waals surface area contributed by atoms with Crippen LogP contribution in [0.1, 0.15) is 30.4 Å². The SMILES string of the molecule is CN1C[C@H]2N(Cc3ccsc3)CC[C@@]2(c2ccccc2)CCC1=O. The molecule has 126 valence electrons. The summed E-state index contributed by atoms with van der Waals surface area (Å²) < 4.78 is 0. The summed E-state index contributed by atoms with van der Waals surface area (Å²) in [5.41, 5.74) is 2.91. The van der Waals surface area contributed by atoms with Crippen LogP contribution >= 0.6 is 11.3 Å². The van der Waals surface area contributed by atoms with E-state index in [0.29, 0.717) is 12.5 Å². The number of fused-ring (bicyclic) bond motifs is 1. The Morgan fingerprint density at radius 2 is 2.04 bits per heavy atom. The molecule has 0 N–H and O–H groups in total. The lowest BCUT2D eigenvalue weighted by Gasteiger charge is -2.38. The highest BCUT2D eigenvalue weighted by Crippen LogP contribution is 2.46. The van der Waals surface area contributed by atoms with Gasteiger partial charge in [-0.05, 0) is 47.3 Å². The van der Waals surface area contributed by atoms with E-state index in [2.05, 4.69) is 52.1 Å². The molecule has 0 aliphatic carbocycles. The molecule has 3 heterocycles. The molecule has 2 fully saturated rings. The Morgan fingerprint density at radius 1 is 1.21 bits per heavy atom. The average Bonchev–Trinajstić information content (AvgIpc) is 3.21. The number of carbonyl (C=O) groups excluding carboxylic acids is 1. The number of likely N-dealkylation sites (tertiary alicyclic amines) is 2. The quantitative estimate of drug-likeness (QED) is 0.854. The number of thiophene rings is 1. The predicted molar refractivity (Wildman–Crippen MR) is 98.1 cm³/mol. The molecule has 2 aliphatic rings. The van der Waals surface area contributed by atoms with Crippen molar-refractivity contribution < 1.29 is 4.79 Å². The number of carbonyl (C=O) groups is 1. The number of amides is 1. The summed E-state index contributed by atoms with van der Waals surface area (Å²) in [6, 6.07) is 13.5. The van der Waals surface area contributed by atoms with E-state index in [9.17, 15) is 4.79 Å². The second-order valence-electron chi connectivity index (χ2n) is 7.16. The maximum Gasteiger partial charge on any atom is 0.222 e. The monoisotopic (exact) mass is 340 g/mol. The van der Waals surface area contributed by atoms with Crippen molar-refractivity contribution in [1.82, 2.24) is 9.80 Å². The van der Waals surface area contributed by atoms with Crippen molar-refractivity contribution in [3.63, 3.8) is 0 Å². The van der Waals surface area contributed by atoms with Gasteiger partial charge in [-0.3, -0.25) is 9.69 Å². The minimum absolute atomic E-state index is 0.109. The molecular weight excluding hydrogens is 316 g/mol. The van der Waals surface area contributed by atoms with Crippen molar-refractivity contribution in [2.75, 3.05) is 20.1 Å². The van der Waals surface area contributed by atoms with Crippen molar-refractivity contribution in [3.05, 3.63) is 58.3 Å². The summed E-state index contributed by atoms with van der Waals surface area (Å²) in [5, 5.41) is 4.40. The molecular formula is C20H24N2OS. The lowest BCUT2D eigenvalue weighted by atomic mass is 9.71. The van der Waals surface area contributed by atoms with Crippen LogP contribution in [-0.4, -0.2) is 41.9 Å². The van der Waals surface area contributed by atoms with Crippen molar-refractivity contribution >= 4 is 17.2 Å². The highest BCUT2D eigenvalue weighted by atomic mass is 32.1. The minimum Gasteiger partial charge on any atom is -0.344 e. The van der Waals surface area contributed by atoms with E-state index in [1.807, 2.05) is 11.9 Å². The van der Waals surface area contributed by atoms with E-state index in [0.717, 1.165) is 32.5 Å². The Balaban J connectivity index is 1.70. The smallest absolute Gasteiger partial charge is 0.222 e. The van der Waals surface area contributed by atoms with E-state index in [4.69, 9.17) is 0 Å². The lowest BCUT2D eigenvalue weighted by Crippen LogP contribution is -2.47. The van der Waals surface area contributed by atoms with Crippen molar-refractivity contribution in [2.45, 2.75) is 37.3 Å². The van der Waals surface area contributed by atoms with Gasteiger partial charge in [0, 0.05) is 38.0 Å². The third kappa shape index (κ3) is 2.68. The van der Waals surface area contributed by atoms with Crippen LogP contribution in [0.4, 0.5) is 0 Å². The number of nitrogens with zero attached hydrogens (tertiary/aromatic N) is 2. The second kappa shape index (κ2) is 6.34. The molecule has 24 heavy (non-hydrogen) atoms. The molecule has 3 nitrogen and oxygen atoms in total. The van der Waals surface area contributed by atoms with Gasteiger partial charge >= 0.3 is 0 Å². The standard InChI is InChI=1S/C20H24N2OS/c1-21-14-18-20(9-7-19(21)23,17-5-3-2-4-6-17)10-11-22(18)13-16-8-12-24-15-16/h2-6,8,12,15,18H,7,9-11,13-14H2,1H3/t18-,20-/m1/s1. The van der Waals surface area contributed by atoms with Crippen molar-refractivity contribution in [1.29, 1.82) is 0 Å². The molecule has 1 amide bonds. The number of rotatable bonds is 3. The highest BCUT2D eigenvalue weighted by molar-refractivity contribution is 7.07. The normalized spacial score (nSPS) is 28.0. The van der Waals surface area contributed by atoms with Gasteiger partial charge < -0.3 is 4.90 Å². The van der Waals surface area contributed by atoms with E-state index in [1.54, 1.807) is 11.3 Å². The third-order valence-electron chi connectivity index (χ3n) is 5.90. The Kier molecular flexibility index (Phi) is 4.19. The van der Waals surface area contributed by atoms with Crippen LogP contribution in [0.2, 0.25) is 0 Å². The van der Waals surface area contributed by atoms with Gasteiger partial charge in [0.05, 0.1) is 0 Å². The minimum atomic E-state index is 0.109. The summed E-state index contributed by atoms with van der Waals surface area (Å²) in [4.78, 5) is 16.9. The number of benzene rings is 1. The Labute approximate surface area is 147 Å². The first-order chi connectivity index (χ1) is 11.7. The average molecular weight is 340 g/mol. The highest BCUT2D eigenvalue weighted by Gasteiger charge is 2.50. The van der Waals surface area contributed by atoms with Crippen LogP contribution < -0.4 is 0 Å². The van der Waals surface area contributed by atoms with Crippen molar-refractivity contribution in [3.8, 4) is 0 Å². The van der Waals surface area contributed by atoms with E-state index in [-0.39, 0.29) is 11.3 Å². The van der Waals surface area contributed by atoms with Gasteiger partial charge in [-0.25, -0.2) is 0 Å². The molecule has 4 rings (SSSR count). The maximum absolute atomic E-state index is 12.4. The fraction of sp³-hybridized carbons (Fsp3) is 0.450. The molecule has 2 aliphatic heterocycles. The molecule has 1 aromatic carbocycles. The summed E-state index contributed by atoms with van der Waals surface area (Å²) in [6.07, 6.45) is 2.77. The Bertz CT molecular complexity index is 700. The second-order valence-corrected chi connectivity index (χ2v) is 7.94. The van der Waals surface area contributed by atoms with Gasteiger partial charge in [0.15, 0.2) is 0 Å². The van der Waals surface area contributed by atoms with Gasteiger partial charge in [0.1, 0.15) is 0 Å². The van der Waals surface area contributed by atoms with Crippen LogP contribution in [-0.2, 0) is 16.8 Å². The number of likely N-dealkylation sites (N-methyl/N-ethyl adjacent to an activating group) is 1. The zero-order valence-corrected chi connectivity index (χ0v) is 15.0. The molecule has 2 saturated heterocycles. The molecule has 2 atom stereocenters. The van der Waals surface area contributed by atoms with Gasteiger partial charge in [0.25, 0.3) is 0 Å². The first kappa shape index (κ1) is 15.9. The van der Waals surface area contributed by atoms with E-state index < -0.39 is 0 Å². The third-order valence-corrected chi connectivity index (χ3v) is 6.63. The first-order valence-electron chi connectivity index (χ1n) is 8.74. The molecule has 0 spiro atoms. The molecule has 0 unspecified atom stereocenters. The molecule has 4 heteroatoms. The van der Waals surface area contributed by atoms with Crippen LogP contribution in [0.5, 0.6) is 0 Å². The summed E-state index contributed by atoms with van der Waals surface area (Å²) >= 11 is 1.76. The number of hydrogen-bond donors (Lipinski definition) is 0. The van der Waals surface area contributed by atoms with Crippen molar-refractivity contribution in [2.24, 2.45) is 0 Å². The molecule has 2 aromatic rings. The van der Waals surface area contributed by atoms with Gasteiger partial charge in [-0.1, -0.05) is 30.3 Å². The lowest BCUT2D eigenvalue weighted by molar-refractivity contribution is -0.129. The molecule has 1 aromatic heterocycles. The summed E-state index contributed by atoms with van der Waals surface area (Å²) in [6.45, 7) is 2.93. The summed E-state index contributed by atoms with van der Waals surface area (Å²) in [7, 11) is 1.96. The van der Waals surface area contributed by atoms with Crippen LogP contribution in [0.25, 0.3) is 0 Å². The van der Waals surface area contributed by atoms with Crippen LogP contribution in [0.15, 0.2) is 47.2 Å². The number of hydrogen-bond acceptors (Lipinski definition) is 3. The molecule has 0 bridgehead atoms. The largest absolute Gasteiger partial charge is 0.344 e. The zero-order chi connectivity index (χ0) is 16.6. The Morgan fingerprint density at radius 3 is 2.79 bits per heavy atom. The van der Waals surface area contributed by atoms with Crippen LogP contribution in [0, 0.1) is 0 Å². The zero-order valence-electron chi connectivity index (χ0n) is 14.1. The van der Waals surface area contributed by atoms with Crippen LogP contribution in [0.3, 0.4) is 0 Å². The first-order valence-corrected chi connectivity index (χ1v) is 9.68. The molecule has 0 saturated carbocycles. The van der Waals surface area contributed by atoms with Gasteiger partial charge in [-0.2, -0.15) is 11.3 Å². The molecule has 0 radical (unpaired) electrons. The fourth-order valence-corrected chi connectivity index (χ4v) is 5.20. The Hall–Kier alpha value is -1.65. The maximum atomic E-state index is 12.4. The topological polar surface area (TPSA) is 23.6 Å². The van der Waals surface area contributed by atoms with E-state index >= 15 is 0 Å². The summed E-state index contributed by atoms with van der Waals surface area (Å²) in [5.74, 6) is 0.287. The fourth-order valence-electron chi connectivity index (χ4n) is 4.54.